The smallest absolute Gasteiger partial charge is 0.419 e. The minimum Gasteiger partial charge on any atom is -0.468 e. The van der Waals surface area contributed by atoms with Crippen molar-refractivity contribution in [2.45, 2.75) is 50.8 Å². The fourth-order valence-electron chi connectivity index (χ4n) is 3.16. The number of nitrogens with one attached hydrogen (secondary N) is 1. The monoisotopic (exact) mass is 370 g/mol. The van der Waals surface area contributed by atoms with Crippen LogP contribution in [0.25, 0.3) is 0 Å². The zero-order valence-corrected chi connectivity index (χ0v) is 15.5. The first kappa shape index (κ1) is 20.1. The summed E-state index contributed by atoms with van der Waals surface area (Å²) in [6.07, 6.45) is -0.353. The number of hydrogen-bond acceptors (Lipinski definition) is 8. The lowest BCUT2D eigenvalue weighted by Gasteiger charge is -2.37. The van der Waals surface area contributed by atoms with E-state index in [1.807, 2.05) is 0 Å². The molecule has 3 N–H and O–H groups in total. The van der Waals surface area contributed by atoms with E-state index in [9.17, 15) is 19.2 Å². The Labute approximate surface area is 151 Å². The summed E-state index contributed by atoms with van der Waals surface area (Å²) in [6, 6.07) is -2.02. The number of piperidine rings is 1. The first-order chi connectivity index (χ1) is 12.0. The topological polar surface area (TPSA) is 131 Å². The quantitative estimate of drug-likeness (QED) is 0.516. The molecule has 0 aromatic carbocycles. The molecule has 10 heteroatoms. The van der Waals surface area contributed by atoms with Gasteiger partial charge in [0.25, 0.3) is 5.91 Å². The summed E-state index contributed by atoms with van der Waals surface area (Å²) in [5.41, 5.74) is 3.56. The van der Waals surface area contributed by atoms with E-state index in [0.717, 1.165) is 16.9 Å². The molecule has 4 amide bonds. The number of ether oxygens (including phenoxy) is 2. The molecule has 2 heterocycles. The van der Waals surface area contributed by atoms with Crippen LogP contribution in [-0.4, -0.2) is 77.7 Å². The maximum absolute atomic E-state index is 13.0. The molecule has 0 aliphatic carbocycles. The van der Waals surface area contributed by atoms with Gasteiger partial charge in [-0.1, -0.05) is 0 Å². The first-order valence-electron chi connectivity index (χ1n) is 8.47. The molecule has 10 nitrogen and oxygen atoms in total. The van der Waals surface area contributed by atoms with E-state index in [-0.39, 0.29) is 19.4 Å². The maximum Gasteiger partial charge on any atom is 0.419 e. The van der Waals surface area contributed by atoms with Crippen LogP contribution in [0.2, 0.25) is 0 Å². The Hall–Kier alpha value is -2.20. The van der Waals surface area contributed by atoms with Crippen LogP contribution < -0.4 is 11.1 Å². The van der Waals surface area contributed by atoms with Gasteiger partial charge >= 0.3 is 18.1 Å². The predicted molar refractivity (Wildman–Crippen MR) is 90.0 cm³/mol. The van der Waals surface area contributed by atoms with E-state index in [2.05, 4.69) is 10.1 Å². The minimum absolute atomic E-state index is 0.265. The number of nitrogens with two attached hydrogens (primary N) is 1. The molecule has 0 aromatic heterocycles. The minimum atomic E-state index is -1.32. The van der Waals surface area contributed by atoms with Crippen LogP contribution in [0.15, 0.2) is 0 Å². The van der Waals surface area contributed by atoms with Crippen molar-refractivity contribution in [2.75, 3.05) is 26.7 Å². The average Bonchev–Trinajstić information content (AvgIpc) is 2.74. The molecule has 1 atom stereocenters. The Bertz CT molecular complexity index is 608. The summed E-state index contributed by atoms with van der Waals surface area (Å²) in [7, 11) is 1.16. The largest absolute Gasteiger partial charge is 0.468 e. The third-order valence-electron chi connectivity index (χ3n) is 4.38. The molecule has 2 aliphatic heterocycles. The SMILES string of the molecule is COC(=O)[C@@H](N)CN1C(=O)N(C(=O)OC(C)(C)C)C2(CCNCC2)C1=O. The standard InChI is InChI=1S/C16H26N4O6/c1-15(2,3)26-14(24)20-13(23)19(9-10(17)11(21)25-4)12(22)16(20)5-7-18-8-6-16/h10,18H,5-9,17H2,1-4H3/t10-/m0/s1. The molecular formula is C16H26N4O6. The summed E-state index contributed by atoms with van der Waals surface area (Å²) in [5.74, 6) is -1.30. The van der Waals surface area contributed by atoms with E-state index in [1.165, 1.54) is 0 Å². The van der Waals surface area contributed by atoms with Crippen molar-refractivity contribution < 1.29 is 28.7 Å². The summed E-state index contributed by atoms with van der Waals surface area (Å²) in [5, 5.41) is 3.10. The fourth-order valence-corrected chi connectivity index (χ4v) is 3.16. The first-order valence-corrected chi connectivity index (χ1v) is 8.47. The van der Waals surface area contributed by atoms with Gasteiger partial charge in [-0.25, -0.2) is 14.5 Å². The number of imide groups is 2. The molecule has 0 bridgehead atoms. The van der Waals surface area contributed by atoms with Crippen molar-refractivity contribution in [3.8, 4) is 0 Å². The van der Waals surface area contributed by atoms with Gasteiger partial charge in [0.2, 0.25) is 0 Å². The van der Waals surface area contributed by atoms with Crippen LogP contribution in [0, 0.1) is 0 Å². The molecule has 0 radical (unpaired) electrons. The third kappa shape index (κ3) is 3.65. The number of methoxy groups -OCH3 is 1. The number of rotatable bonds is 3. The maximum atomic E-state index is 13.0. The highest BCUT2D eigenvalue weighted by Gasteiger charge is 2.61. The van der Waals surface area contributed by atoms with E-state index >= 15 is 0 Å². The van der Waals surface area contributed by atoms with E-state index in [1.54, 1.807) is 20.8 Å². The Morgan fingerprint density at radius 3 is 2.35 bits per heavy atom. The number of urea groups is 1. The van der Waals surface area contributed by atoms with Crippen molar-refractivity contribution in [1.29, 1.82) is 0 Å². The van der Waals surface area contributed by atoms with Crippen LogP contribution in [-0.2, 0) is 19.1 Å². The van der Waals surface area contributed by atoms with Gasteiger partial charge in [-0.05, 0) is 46.7 Å². The van der Waals surface area contributed by atoms with Gasteiger partial charge in [0, 0.05) is 0 Å². The second kappa shape index (κ2) is 7.20. The lowest BCUT2D eigenvalue weighted by Crippen LogP contribution is -2.58. The van der Waals surface area contributed by atoms with Gasteiger partial charge in [0.15, 0.2) is 0 Å². The Balaban J connectivity index is 2.34. The predicted octanol–water partition coefficient (Wildman–Crippen LogP) is -0.192. The molecule has 2 fully saturated rings. The highest BCUT2D eigenvalue weighted by molar-refractivity contribution is 6.13. The van der Waals surface area contributed by atoms with Crippen LogP contribution in [0.3, 0.4) is 0 Å². The summed E-state index contributed by atoms with van der Waals surface area (Å²) in [4.78, 5) is 51.9. The second-order valence-corrected chi connectivity index (χ2v) is 7.43. The van der Waals surface area contributed by atoms with Gasteiger partial charge in [-0.3, -0.25) is 14.5 Å². The van der Waals surface area contributed by atoms with E-state index < -0.39 is 41.2 Å². The lowest BCUT2D eigenvalue weighted by molar-refractivity contribution is -0.143. The molecule has 2 rings (SSSR count). The van der Waals surface area contributed by atoms with Gasteiger partial charge < -0.3 is 20.5 Å². The van der Waals surface area contributed by atoms with Crippen LogP contribution in [0.1, 0.15) is 33.6 Å². The van der Waals surface area contributed by atoms with Gasteiger partial charge in [-0.15, -0.1) is 0 Å². The fraction of sp³-hybridized carbons (Fsp3) is 0.750. The molecular weight excluding hydrogens is 344 g/mol. The van der Waals surface area contributed by atoms with E-state index in [0.29, 0.717) is 13.1 Å². The number of carbonyl (C=O) groups excluding carboxylic acids is 4. The molecule has 146 valence electrons. The summed E-state index contributed by atoms with van der Waals surface area (Å²) in [6.45, 7) is 5.59. The highest BCUT2D eigenvalue weighted by Crippen LogP contribution is 2.36. The second-order valence-electron chi connectivity index (χ2n) is 7.43. The van der Waals surface area contributed by atoms with Gasteiger partial charge in [0.1, 0.15) is 17.2 Å². The summed E-state index contributed by atoms with van der Waals surface area (Å²) < 4.78 is 9.88. The normalized spacial score (nSPS) is 21.1. The summed E-state index contributed by atoms with van der Waals surface area (Å²) >= 11 is 0. The van der Waals surface area contributed by atoms with Gasteiger partial charge in [0.05, 0.1) is 13.7 Å². The highest BCUT2D eigenvalue weighted by atomic mass is 16.6. The van der Waals surface area contributed by atoms with Crippen molar-refractivity contribution in [3.05, 3.63) is 0 Å². The Morgan fingerprint density at radius 2 is 1.85 bits per heavy atom. The molecule has 1 spiro atoms. The zero-order chi connectivity index (χ0) is 19.7. The molecule has 2 aliphatic rings. The van der Waals surface area contributed by atoms with Crippen LogP contribution >= 0.6 is 0 Å². The Morgan fingerprint density at radius 1 is 1.27 bits per heavy atom. The lowest BCUT2D eigenvalue weighted by atomic mass is 9.87. The molecule has 0 aromatic rings. The van der Waals surface area contributed by atoms with Crippen LogP contribution in [0.5, 0.6) is 0 Å². The molecule has 0 unspecified atom stereocenters. The number of carbonyl (C=O) groups is 4. The number of esters is 1. The zero-order valence-electron chi connectivity index (χ0n) is 15.5. The average molecular weight is 370 g/mol. The number of hydrogen-bond donors (Lipinski definition) is 2. The third-order valence-corrected chi connectivity index (χ3v) is 4.38. The van der Waals surface area contributed by atoms with Crippen molar-refractivity contribution in [3.63, 3.8) is 0 Å². The Kier molecular flexibility index (Phi) is 5.57. The molecule has 2 saturated heterocycles. The van der Waals surface area contributed by atoms with Gasteiger partial charge in [-0.2, -0.15) is 0 Å². The van der Waals surface area contributed by atoms with Crippen molar-refractivity contribution in [1.82, 2.24) is 15.1 Å². The van der Waals surface area contributed by atoms with Crippen molar-refractivity contribution >= 4 is 24.0 Å². The molecule has 26 heavy (non-hydrogen) atoms. The number of amides is 4. The number of nitrogens with zero attached hydrogens (tertiary/aromatic N) is 2. The molecule has 0 saturated carbocycles. The van der Waals surface area contributed by atoms with Crippen LogP contribution in [0.4, 0.5) is 9.59 Å². The van der Waals surface area contributed by atoms with E-state index in [4.69, 9.17) is 10.5 Å². The van der Waals surface area contributed by atoms with Crippen molar-refractivity contribution in [2.24, 2.45) is 5.73 Å².